The van der Waals surface area contributed by atoms with Gasteiger partial charge in [0.15, 0.2) is 6.10 Å². The summed E-state index contributed by atoms with van der Waals surface area (Å²) in [6, 6.07) is 4.18. The molecule has 0 aliphatic carbocycles. The van der Waals surface area contributed by atoms with Crippen LogP contribution in [0.1, 0.15) is 18.9 Å². The zero-order valence-electron chi connectivity index (χ0n) is 14.9. The molecule has 1 fully saturated rings. The highest BCUT2D eigenvalue weighted by Crippen LogP contribution is 2.33. The highest BCUT2D eigenvalue weighted by atomic mass is 19.4. The molecule has 0 radical (unpaired) electrons. The van der Waals surface area contributed by atoms with Gasteiger partial charge in [-0.1, -0.05) is 6.07 Å². The molecule has 0 aromatic heterocycles. The van der Waals surface area contributed by atoms with Gasteiger partial charge >= 0.3 is 18.2 Å². The molecule has 152 valence electrons. The SMILES string of the molecule is COC(=O)NC(=O)[C@H](C)OC(=O)[C@H]1CC(=O)N(c2cccc(C(F)(F)F)c2)C1. The maximum atomic E-state index is 12.8. The first-order valence-electron chi connectivity index (χ1n) is 8.10. The number of hydrogen-bond acceptors (Lipinski definition) is 6. The van der Waals surface area contributed by atoms with E-state index in [1.165, 1.54) is 13.0 Å². The number of amides is 3. The molecule has 11 heteroatoms. The number of benzene rings is 1. The lowest BCUT2D eigenvalue weighted by atomic mass is 10.1. The van der Waals surface area contributed by atoms with E-state index in [-0.39, 0.29) is 18.7 Å². The van der Waals surface area contributed by atoms with Crippen LogP contribution in [0.4, 0.5) is 23.7 Å². The van der Waals surface area contributed by atoms with Crippen LogP contribution in [0.3, 0.4) is 0 Å². The Kier molecular flexibility index (Phi) is 6.26. The fraction of sp³-hybridized carbons (Fsp3) is 0.412. The number of esters is 1. The van der Waals surface area contributed by atoms with Crippen LogP contribution < -0.4 is 10.2 Å². The Morgan fingerprint density at radius 1 is 1.29 bits per heavy atom. The van der Waals surface area contributed by atoms with Crippen LogP contribution in [-0.4, -0.2) is 43.6 Å². The van der Waals surface area contributed by atoms with Crippen LogP contribution in [0.25, 0.3) is 0 Å². The van der Waals surface area contributed by atoms with Crippen LogP contribution >= 0.6 is 0 Å². The molecule has 0 saturated carbocycles. The van der Waals surface area contributed by atoms with Crippen molar-refractivity contribution < 1.29 is 41.8 Å². The van der Waals surface area contributed by atoms with E-state index in [1.54, 1.807) is 0 Å². The molecule has 8 nitrogen and oxygen atoms in total. The second-order valence-corrected chi connectivity index (χ2v) is 6.01. The molecular weight excluding hydrogens is 385 g/mol. The fourth-order valence-electron chi connectivity index (χ4n) is 2.54. The van der Waals surface area contributed by atoms with Gasteiger partial charge in [0.2, 0.25) is 5.91 Å². The molecule has 1 aromatic carbocycles. The molecule has 1 heterocycles. The Morgan fingerprint density at radius 3 is 2.57 bits per heavy atom. The standard InChI is InChI=1S/C17H17F3N2O6/c1-9(14(24)21-16(26)27-2)28-15(25)10-6-13(23)22(8-10)12-5-3-4-11(7-12)17(18,19)20/h3-5,7,9-10H,6,8H2,1-2H3,(H,21,24,26)/t9-,10-/m0/s1. The molecule has 0 spiro atoms. The lowest BCUT2D eigenvalue weighted by molar-refractivity contribution is -0.158. The van der Waals surface area contributed by atoms with E-state index < -0.39 is 47.6 Å². The quantitative estimate of drug-likeness (QED) is 0.772. The summed E-state index contributed by atoms with van der Waals surface area (Å²) in [7, 11) is 1.05. The maximum absolute atomic E-state index is 12.8. The van der Waals surface area contributed by atoms with Gasteiger partial charge in [0, 0.05) is 18.7 Å². The van der Waals surface area contributed by atoms with Gasteiger partial charge in [0.05, 0.1) is 18.6 Å². The van der Waals surface area contributed by atoms with Gasteiger partial charge in [-0.3, -0.25) is 19.7 Å². The maximum Gasteiger partial charge on any atom is 0.416 e. The third-order valence-corrected chi connectivity index (χ3v) is 4.02. The molecule has 2 atom stereocenters. The second kappa shape index (κ2) is 8.28. The second-order valence-electron chi connectivity index (χ2n) is 6.01. The van der Waals surface area contributed by atoms with Crippen molar-refractivity contribution in [2.45, 2.75) is 25.6 Å². The summed E-state index contributed by atoms with van der Waals surface area (Å²) >= 11 is 0. The summed E-state index contributed by atoms with van der Waals surface area (Å²) in [5.41, 5.74) is -0.913. The number of halogens is 3. The topological polar surface area (TPSA) is 102 Å². The Morgan fingerprint density at radius 2 is 1.96 bits per heavy atom. The number of nitrogens with one attached hydrogen (secondary N) is 1. The van der Waals surface area contributed by atoms with Crippen molar-refractivity contribution in [2.75, 3.05) is 18.6 Å². The summed E-state index contributed by atoms with van der Waals surface area (Å²) in [5, 5.41) is 1.83. The number of ether oxygens (including phenoxy) is 2. The van der Waals surface area contributed by atoms with E-state index in [0.717, 1.165) is 30.2 Å². The number of imide groups is 1. The van der Waals surface area contributed by atoms with Crippen LogP contribution in [0.15, 0.2) is 24.3 Å². The number of anilines is 1. The molecule has 1 aliphatic rings. The molecule has 1 N–H and O–H groups in total. The largest absolute Gasteiger partial charge is 0.453 e. The highest BCUT2D eigenvalue weighted by Gasteiger charge is 2.38. The lowest BCUT2D eigenvalue weighted by Gasteiger charge is -2.19. The van der Waals surface area contributed by atoms with Crippen molar-refractivity contribution in [2.24, 2.45) is 5.92 Å². The van der Waals surface area contributed by atoms with Gasteiger partial charge in [-0.2, -0.15) is 13.2 Å². The van der Waals surface area contributed by atoms with Gasteiger partial charge in [-0.25, -0.2) is 4.79 Å². The first kappa shape index (κ1) is 21.2. The number of alkyl carbamates (subject to hydrolysis) is 1. The van der Waals surface area contributed by atoms with Crippen LogP contribution in [-0.2, 0) is 30.0 Å². The number of carbonyl (C=O) groups is 4. The minimum Gasteiger partial charge on any atom is -0.453 e. The summed E-state index contributed by atoms with van der Waals surface area (Å²) in [5.74, 6) is -3.31. The van der Waals surface area contributed by atoms with Gasteiger partial charge in [-0.05, 0) is 25.1 Å². The molecule has 1 saturated heterocycles. The predicted octanol–water partition coefficient (Wildman–Crippen LogP) is 1.87. The molecule has 0 bridgehead atoms. The van der Waals surface area contributed by atoms with Crippen molar-refractivity contribution in [3.63, 3.8) is 0 Å². The average molecular weight is 402 g/mol. The number of carbonyl (C=O) groups excluding carboxylic acids is 4. The van der Waals surface area contributed by atoms with Crippen LogP contribution in [0, 0.1) is 5.92 Å². The van der Waals surface area contributed by atoms with Crippen molar-refractivity contribution in [1.82, 2.24) is 5.32 Å². The van der Waals surface area contributed by atoms with Gasteiger partial charge in [-0.15, -0.1) is 0 Å². The minimum atomic E-state index is -4.57. The summed E-state index contributed by atoms with van der Waals surface area (Å²) in [6.07, 6.45) is -7.20. The van der Waals surface area contributed by atoms with Crippen LogP contribution in [0.5, 0.6) is 0 Å². The number of rotatable bonds is 4. The van der Waals surface area contributed by atoms with E-state index in [1.807, 2.05) is 5.32 Å². The van der Waals surface area contributed by atoms with Crippen LogP contribution in [0.2, 0.25) is 0 Å². The molecule has 0 unspecified atom stereocenters. The Hall–Kier alpha value is -3.11. The molecule has 3 amide bonds. The molecule has 2 rings (SSSR count). The number of methoxy groups -OCH3 is 1. The summed E-state index contributed by atoms with van der Waals surface area (Å²) < 4.78 is 47.7. The summed E-state index contributed by atoms with van der Waals surface area (Å²) in [4.78, 5) is 48.0. The third-order valence-electron chi connectivity index (χ3n) is 4.02. The Bertz CT molecular complexity index is 795. The van der Waals surface area contributed by atoms with Crippen molar-refractivity contribution in [1.29, 1.82) is 0 Å². The monoisotopic (exact) mass is 402 g/mol. The smallest absolute Gasteiger partial charge is 0.416 e. The molecule has 28 heavy (non-hydrogen) atoms. The first-order chi connectivity index (χ1) is 13.0. The first-order valence-corrected chi connectivity index (χ1v) is 8.10. The highest BCUT2D eigenvalue weighted by molar-refractivity contribution is 6.00. The van der Waals surface area contributed by atoms with E-state index in [0.29, 0.717) is 0 Å². The average Bonchev–Trinajstić information content (AvgIpc) is 3.02. The van der Waals surface area contributed by atoms with Crippen molar-refractivity contribution >= 4 is 29.6 Å². The number of hydrogen-bond donors (Lipinski definition) is 1. The van der Waals surface area contributed by atoms with E-state index in [9.17, 15) is 32.3 Å². The number of nitrogens with zero attached hydrogens (tertiary/aromatic N) is 1. The Labute approximate surface area is 157 Å². The molecule has 1 aromatic rings. The molecular formula is C17H17F3N2O6. The summed E-state index contributed by atoms with van der Waals surface area (Å²) in [6.45, 7) is 1.03. The fourth-order valence-corrected chi connectivity index (χ4v) is 2.54. The Balaban J connectivity index is 2.03. The zero-order chi connectivity index (χ0) is 21.1. The minimum absolute atomic E-state index is 0.00612. The third kappa shape index (κ3) is 4.99. The van der Waals surface area contributed by atoms with Gasteiger partial charge < -0.3 is 14.4 Å². The zero-order valence-corrected chi connectivity index (χ0v) is 14.9. The normalized spacial score (nSPS) is 17.8. The van der Waals surface area contributed by atoms with Gasteiger partial charge in [0.25, 0.3) is 5.91 Å². The molecule has 1 aliphatic heterocycles. The van der Waals surface area contributed by atoms with E-state index in [2.05, 4.69) is 4.74 Å². The van der Waals surface area contributed by atoms with Gasteiger partial charge in [0.1, 0.15) is 0 Å². The van der Waals surface area contributed by atoms with Crippen molar-refractivity contribution in [3.8, 4) is 0 Å². The van der Waals surface area contributed by atoms with E-state index >= 15 is 0 Å². The van der Waals surface area contributed by atoms with E-state index in [4.69, 9.17) is 4.74 Å². The van der Waals surface area contributed by atoms with Crippen molar-refractivity contribution in [3.05, 3.63) is 29.8 Å². The lowest BCUT2D eigenvalue weighted by Crippen LogP contribution is -2.40. The predicted molar refractivity (Wildman–Crippen MR) is 88.0 cm³/mol. The number of alkyl halides is 3.